The third-order valence-corrected chi connectivity index (χ3v) is 6.64. The summed E-state index contributed by atoms with van der Waals surface area (Å²) in [4.78, 5) is 31.0. The van der Waals surface area contributed by atoms with Crippen LogP contribution in [0.1, 0.15) is 25.3 Å². The van der Waals surface area contributed by atoms with Crippen LogP contribution in [0.25, 0.3) is 0 Å². The van der Waals surface area contributed by atoms with E-state index < -0.39 is 0 Å². The third kappa shape index (κ3) is 7.17. The van der Waals surface area contributed by atoms with Gasteiger partial charge in [0.15, 0.2) is 0 Å². The van der Waals surface area contributed by atoms with E-state index >= 15 is 0 Å². The van der Waals surface area contributed by atoms with Crippen LogP contribution >= 0.6 is 36.4 Å². The highest BCUT2D eigenvalue weighted by Gasteiger charge is 2.34. The van der Waals surface area contributed by atoms with Gasteiger partial charge >= 0.3 is 6.09 Å². The first-order valence-corrected chi connectivity index (χ1v) is 12.1. The average Bonchev–Trinajstić information content (AvgIpc) is 2.84. The molecule has 2 aliphatic heterocycles. The molecule has 0 bridgehead atoms. The number of cyclic esters (lactones) is 1. The number of benzene rings is 2. The first-order valence-electron chi connectivity index (χ1n) is 11.7. The first kappa shape index (κ1) is 30.0. The smallest absolute Gasteiger partial charge is 0.414 e. The highest BCUT2D eigenvalue weighted by atomic mass is 35.5. The number of hydrogen-bond donors (Lipinski definition) is 2. The fraction of sp³-hybridized carbons (Fsp3) is 0.440. The van der Waals surface area contributed by atoms with Crippen molar-refractivity contribution in [3.63, 3.8) is 0 Å². The van der Waals surface area contributed by atoms with Crippen LogP contribution in [0.4, 0.5) is 21.9 Å². The van der Waals surface area contributed by atoms with Crippen LogP contribution in [0.5, 0.6) is 0 Å². The lowest BCUT2D eigenvalue weighted by molar-refractivity contribution is -0.117. The van der Waals surface area contributed by atoms with Gasteiger partial charge < -0.3 is 20.1 Å². The summed E-state index contributed by atoms with van der Waals surface area (Å²) in [6.07, 6.45) is 1.20. The van der Waals surface area contributed by atoms with Crippen molar-refractivity contribution in [3.8, 4) is 0 Å². The van der Waals surface area contributed by atoms with E-state index in [9.17, 15) is 14.7 Å². The molecule has 198 valence electrons. The third-order valence-electron chi connectivity index (χ3n) is 6.41. The molecule has 1 fully saturated rings. The number of aliphatic hydroxyl groups is 1. The van der Waals surface area contributed by atoms with Crippen LogP contribution in [-0.2, 0) is 16.1 Å². The summed E-state index contributed by atoms with van der Waals surface area (Å²) in [7, 11) is 0. The first-order chi connectivity index (χ1) is 16.5. The van der Waals surface area contributed by atoms with Crippen LogP contribution in [0, 0.1) is 0 Å². The largest absolute Gasteiger partial charge is 0.444 e. The number of likely N-dealkylation sites (tertiary alicyclic amines) is 1. The van der Waals surface area contributed by atoms with Crippen molar-refractivity contribution in [3.05, 3.63) is 53.1 Å². The van der Waals surface area contributed by atoms with Gasteiger partial charge in [0.2, 0.25) is 5.91 Å². The Kier molecular flexibility index (Phi) is 11.6. The standard InChI is InChI=1S/C25H31ClN4O4.2ClH/c1-2-29(13-14-31)21-6-4-20(5-7-21)27-24(32)16-28-11-9-22(10-12-28)30-23-8-3-19(26)15-18(23)17-34-25(30)33;;/h3-8,15,22,31H,2,9-14,16-17H2,1H3,(H,27,32);2*1H. The molecule has 0 atom stereocenters. The van der Waals surface area contributed by atoms with E-state index in [1.165, 1.54) is 0 Å². The lowest BCUT2D eigenvalue weighted by Crippen LogP contribution is -2.50. The average molecular weight is 560 g/mol. The van der Waals surface area contributed by atoms with Crippen LogP contribution in [0.3, 0.4) is 0 Å². The Morgan fingerprint density at radius 3 is 2.50 bits per heavy atom. The molecule has 2 aromatic rings. The second-order valence-electron chi connectivity index (χ2n) is 8.60. The molecule has 0 aliphatic carbocycles. The number of piperidine rings is 1. The van der Waals surface area contributed by atoms with E-state index in [1.54, 1.807) is 11.0 Å². The number of amides is 2. The van der Waals surface area contributed by atoms with E-state index in [0.29, 0.717) is 18.1 Å². The van der Waals surface area contributed by atoms with Crippen molar-refractivity contribution in [2.75, 3.05) is 54.4 Å². The van der Waals surface area contributed by atoms with Crippen molar-refractivity contribution in [1.82, 2.24) is 4.90 Å². The Morgan fingerprint density at radius 1 is 1.17 bits per heavy atom. The predicted molar refractivity (Wildman–Crippen MR) is 148 cm³/mol. The molecule has 36 heavy (non-hydrogen) atoms. The maximum absolute atomic E-state index is 12.6. The minimum Gasteiger partial charge on any atom is -0.444 e. The normalized spacial score (nSPS) is 15.8. The maximum atomic E-state index is 12.6. The highest BCUT2D eigenvalue weighted by Crippen LogP contribution is 2.33. The van der Waals surface area contributed by atoms with Crippen molar-refractivity contribution in [2.24, 2.45) is 0 Å². The minimum absolute atomic E-state index is 0. The second kappa shape index (κ2) is 13.9. The zero-order chi connectivity index (χ0) is 24.1. The molecule has 2 N–H and O–H groups in total. The Labute approximate surface area is 229 Å². The van der Waals surface area contributed by atoms with Gasteiger partial charge in [0, 0.05) is 54.2 Å². The topological polar surface area (TPSA) is 85.4 Å². The van der Waals surface area contributed by atoms with E-state index in [0.717, 1.165) is 55.1 Å². The number of fused-ring (bicyclic) bond motifs is 1. The molecule has 0 spiro atoms. The molecule has 11 heteroatoms. The number of aliphatic hydroxyl groups excluding tert-OH is 1. The summed E-state index contributed by atoms with van der Waals surface area (Å²) in [6.45, 7) is 5.50. The van der Waals surface area contributed by atoms with Crippen molar-refractivity contribution < 1.29 is 19.4 Å². The van der Waals surface area contributed by atoms with E-state index in [4.69, 9.17) is 16.3 Å². The number of carbonyl (C=O) groups is 2. The summed E-state index contributed by atoms with van der Waals surface area (Å²) < 4.78 is 5.36. The maximum Gasteiger partial charge on any atom is 0.414 e. The molecule has 2 heterocycles. The van der Waals surface area contributed by atoms with Gasteiger partial charge in [-0.15, -0.1) is 24.8 Å². The molecule has 2 amide bonds. The summed E-state index contributed by atoms with van der Waals surface area (Å²) in [5.74, 6) is -0.0636. The number of hydrogen-bond acceptors (Lipinski definition) is 6. The van der Waals surface area contributed by atoms with Crippen LogP contribution in [-0.4, -0.2) is 67.4 Å². The van der Waals surface area contributed by atoms with Crippen LogP contribution < -0.4 is 15.1 Å². The quantitative estimate of drug-likeness (QED) is 0.493. The Hall–Kier alpha value is -2.23. The molecule has 1 saturated heterocycles. The van der Waals surface area contributed by atoms with Gasteiger partial charge in [0.25, 0.3) is 0 Å². The molecule has 2 aliphatic rings. The van der Waals surface area contributed by atoms with Gasteiger partial charge in [-0.1, -0.05) is 11.6 Å². The van der Waals surface area contributed by atoms with Crippen molar-refractivity contribution >= 4 is 65.5 Å². The lowest BCUT2D eigenvalue weighted by atomic mass is 10.0. The Morgan fingerprint density at radius 2 is 1.86 bits per heavy atom. The molecule has 0 radical (unpaired) electrons. The number of rotatable bonds is 8. The van der Waals surface area contributed by atoms with Gasteiger partial charge in [0.1, 0.15) is 6.61 Å². The fourth-order valence-electron chi connectivity index (χ4n) is 4.64. The van der Waals surface area contributed by atoms with Crippen LogP contribution in [0.2, 0.25) is 5.02 Å². The zero-order valence-corrected chi connectivity index (χ0v) is 22.6. The van der Waals surface area contributed by atoms with Gasteiger partial charge in [-0.25, -0.2) is 4.79 Å². The number of halogens is 3. The molecule has 8 nitrogen and oxygen atoms in total. The molecule has 0 saturated carbocycles. The van der Waals surface area contributed by atoms with Crippen molar-refractivity contribution in [1.29, 1.82) is 0 Å². The molecule has 0 aromatic heterocycles. The Balaban J connectivity index is 0.00000228. The predicted octanol–water partition coefficient (Wildman–Crippen LogP) is 4.56. The number of likely N-dealkylation sites (N-methyl/N-ethyl adjacent to an activating group) is 1. The zero-order valence-electron chi connectivity index (χ0n) is 20.2. The number of nitrogens with one attached hydrogen (secondary N) is 1. The van der Waals surface area contributed by atoms with E-state index in [-0.39, 0.29) is 56.1 Å². The van der Waals surface area contributed by atoms with Crippen LogP contribution in [0.15, 0.2) is 42.5 Å². The summed E-state index contributed by atoms with van der Waals surface area (Å²) in [5.41, 5.74) is 3.53. The molecular weight excluding hydrogens is 527 g/mol. The number of carbonyl (C=O) groups excluding carboxylic acids is 2. The van der Waals surface area contributed by atoms with Gasteiger partial charge in [-0.05, 0) is 62.2 Å². The summed E-state index contributed by atoms with van der Waals surface area (Å²) >= 11 is 6.10. The monoisotopic (exact) mass is 558 g/mol. The minimum atomic E-state index is -0.324. The number of anilines is 3. The summed E-state index contributed by atoms with van der Waals surface area (Å²) in [5, 5.41) is 12.8. The lowest BCUT2D eigenvalue weighted by Gasteiger charge is -2.40. The molecule has 0 unspecified atom stereocenters. The van der Waals surface area contributed by atoms with Gasteiger partial charge in [0.05, 0.1) is 18.8 Å². The van der Waals surface area contributed by atoms with Gasteiger partial charge in [-0.2, -0.15) is 0 Å². The highest BCUT2D eigenvalue weighted by molar-refractivity contribution is 6.30. The summed E-state index contributed by atoms with van der Waals surface area (Å²) in [6, 6.07) is 13.2. The van der Waals surface area contributed by atoms with E-state index in [2.05, 4.69) is 15.1 Å². The fourth-order valence-corrected chi connectivity index (χ4v) is 4.84. The van der Waals surface area contributed by atoms with Gasteiger partial charge in [-0.3, -0.25) is 14.6 Å². The van der Waals surface area contributed by atoms with Crippen molar-refractivity contribution in [2.45, 2.75) is 32.4 Å². The number of ether oxygens (including phenoxy) is 1. The Bertz CT molecular complexity index is 1020. The molecule has 4 rings (SSSR count). The SMILES string of the molecule is CCN(CCO)c1ccc(NC(=O)CN2CCC(N3C(=O)OCc4cc(Cl)ccc43)CC2)cc1.Cl.Cl. The van der Waals surface area contributed by atoms with E-state index in [1.807, 2.05) is 43.3 Å². The number of nitrogens with zero attached hydrogens (tertiary/aromatic N) is 3. The molecule has 2 aromatic carbocycles. The second-order valence-corrected chi connectivity index (χ2v) is 9.04. The molecular formula is C25H33Cl3N4O4.